The second-order valence-electron chi connectivity index (χ2n) is 6.78. The van der Waals surface area contributed by atoms with Crippen LogP contribution in [0.1, 0.15) is 64.4 Å². The van der Waals surface area contributed by atoms with Gasteiger partial charge in [0.05, 0.1) is 11.8 Å². The minimum absolute atomic E-state index is 0.164. The number of hydrogen-bond acceptors (Lipinski definition) is 3. The normalized spacial score (nSPS) is 16.7. The molecule has 0 heterocycles. The molecule has 1 fully saturated rings. The minimum atomic E-state index is 0.164. The van der Waals surface area contributed by atoms with E-state index in [-0.39, 0.29) is 6.10 Å². The molecule has 1 aromatic rings. The molecule has 1 saturated carbocycles. The van der Waals surface area contributed by atoms with Crippen molar-refractivity contribution in [2.75, 3.05) is 12.3 Å². The van der Waals surface area contributed by atoms with Gasteiger partial charge < -0.3 is 15.8 Å². The van der Waals surface area contributed by atoms with Gasteiger partial charge in [0.15, 0.2) is 0 Å². The number of hydrogen-bond donors (Lipinski definition) is 2. The smallest absolute Gasteiger partial charge is 0.142 e. The Morgan fingerprint density at radius 2 is 1.91 bits per heavy atom. The number of aryl methyl sites for hydroxylation is 1. The van der Waals surface area contributed by atoms with Crippen molar-refractivity contribution in [2.45, 2.75) is 77.4 Å². The van der Waals surface area contributed by atoms with Crippen LogP contribution < -0.4 is 15.8 Å². The summed E-state index contributed by atoms with van der Waals surface area (Å²) in [5, 5.41) is 3.73. The Balaban J connectivity index is 1.71. The fraction of sp³-hybridized carbons (Fsp3) is 0.684. The first-order valence-electron chi connectivity index (χ1n) is 8.93. The van der Waals surface area contributed by atoms with E-state index in [4.69, 9.17) is 10.5 Å². The molecule has 0 atom stereocenters. The summed E-state index contributed by atoms with van der Waals surface area (Å²) in [5.74, 6) is 0.801. The van der Waals surface area contributed by atoms with Gasteiger partial charge in [-0.25, -0.2) is 0 Å². The molecule has 3 nitrogen and oxygen atoms in total. The molecule has 22 heavy (non-hydrogen) atoms. The maximum atomic E-state index is 6.07. The summed E-state index contributed by atoms with van der Waals surface area (Å²) in [4.78, 5) is 0. The number of nitrogens with two attached hydrogens (primary N) is 1. The fourth-order valence-corrected chi connectivity index (χ4v) is 3.20. The van der Waals surface area contributed by atoms with E-state index < -0.39 is 0 Å². The van der Waals surface area contributed by atoms with Crippen LogP contribution >= 0.6 is 0 Å². The molecule has 2 rings (SSSR count). The molecule has 0 amide bonds. The molecule has 1 aliphatic rings. The molecule has 3 heteroatoms. The third-order valence-electron chi connectivity index (χ3n) is 4.37. The van der Waals surface area contributed by atoms with E-state index in [1.165, 1.54) is 50.5 Å². The second kappa shape index (κ2) is 9.04. The summed E-state index contributed by atoms with van der Waals surface area (Å²) in [5.41, 5.74) is 8.12. The zero-order valence-corrected chi connectivity index (χ0v) is 14.2. The van der Waals surface area contributed by atoms with Gasteiger partial charge in [0.2, 0.25) is 0 Å². The zero-order chi connectivity index (χ0) is 15.8. The predicted octanol–water partition coefficient (Wildman–Crippen LogP) is 4.30. The van der Waals surface area contributed by atoms with E-state index in [0.717, 1.165) is 30.4 Å². The number of nitrogen functional groups attached to an aromatic ring is 1. The highest BCUT2D eigenvalue weighted by molar-refractivity contribution is 5.54. The van der Waals surface area contributed by atoms with Crippen LogP contribution in [0.15, 0.2) is 18.2 Å². The van der Waals surface area contributed by atoms with Crippen molar-refractivity contribution < 1.29 is 4.74 Å². The second-order valence-corrected chi connectivity index (χ2v) is 6.78. The molecule has 0 radical (unpaired) electrons. The lowest BCUT2D eigenvalue weighted by Gasteiger charge is -2.16. The molecular weight excluding hydrogens is 272 g/mol. The first kappa shape index (κ1) is 17.1. The first-order chi connectivity index (χ1) is 10.6. The topological polar surface area (TPSA) is 47.3 Å². The van der Waals surface area contributed by atoms with Crippen LogP contribution in [-0.2, 0) is 6.42 Å². The molecule has 0 bridgehead atoms. The van der Waals surface area contributed by atoms with Crippen LogP contribution in [0.2, 0.25) is 0 Å². The van der Waals surface area contributed by atoms with E-state index >= 15 is 0 Å². The molecular formula is C19H32N2O. The van der Waals surface area contributed by atoms with Crippen LogP contribution in [0.3, 0.4) is 0 Å². The Hall–Kier alpha value is -1.22. The highest BCUT2D eigenvalue weighted by atomic mass is 16.5. The van der Waals surface area contributed by atoms with Crippen molar-refractivity contribution in [3.63, 3.8) is 0 Å². The van der Waals surface area contributed by atoms with E-state index in [1.807, 2.05) is 19.9 Å². The van der Waals surface area contributed by atoms with Crippen molar-refractivity contribution in [1.82, 2.24) is 5.32 Å². The average molecular weight is 304 g/mol. The van der Waals surface area contributed by atoms with Gasteiger partial charge in [-0.05, 0) is 63.8 Å². The van der Waals surface area contributed by atoms with Crippen molar-refractivity contribution in [2.24, 2.45) is 0 Å². The first-order valence-corrected chi connectivity index (χ1v) is 8.93. The Morgan fingerprint density at radius 3 is 2.55 bits per heavy atom. The lowest BCUT2D eigenvalue weighted by atomic mass is 10.1. The van der Waals surface area contributed by atoms with Gasteiger partial charge in [-0.1, -0.05) is 31.7 Å². The van der Waals surface area contributed by atoms with Crippen LogP contribution in [0.5, 0.6) is 5.75 Å². The summed E-state index contributed by atoms with van der Waals surface area (Å²) in [6.07, 6.45) is 10.7. The number of benzene rings is 1. The van der Waals surface area contributed by atoms with Gasteiger partial charge in [-0.3, -0.25) is 0 Å². The van der Waals surface area contributed by atoms with Gasteiger partial charge in [-0.15, -0.1) is 0 Å². The average Bonchev–Trinajstić information content (AvgIpc) is 2.75. The Morgan fingerprint density at radius 1 is 1.18 bits per heavy atom. The largest absolute Gasteiger partial charge is 0.489 e. The standard InChI is InChI=1S/C19H32N2O/c1-15(2)22-19-12-11-16(14-18(19)20)8-7-13-21-17-9-5-3-4-6-10-17/h11-12,14-15,17,21H,3-10,13,20H2,1-2H3. The van der Waals surface area contributed by atoms with Crippen molar-refractivity contribution in [3.8, 4) is 5.75 Å². The number of rotatable bonds is 7. The summed E-state index contributed by atoms with van der Waals surface area (Å²) in [7, 11) is 0. The highest BCUT2D eigenvalue weighted by Gasteiger charge is 2.11. The van der Waals surface area contributed by atoms with Crippen LogP contribution in [0.4, 0.5) is 5.69 Å². The predicted molar refractivity (Wildman–Crippen MR) is 94.4 cm³/mol. The molecule has 0 unspecified atom stereocenters. The van der Waals surface area contributed by atoms with Gasteiger partial charge in [0.25, 0.3) is 0 Å². The third-order valence-corrected chi connectivity index (χ3v) is 4.37. The monoisotopic (exact) mass is 304 g/mol. The number of nitrogens with one attached hydrogen (secondary N) is 1. The highest BCUT2D eigenvalue weighted by Crippen LogP contribution is 2.24. The zero-order valence-electron chi connectivity index (χ0n) is 14.2. The van der Waals surface area contributed by atoms with Gasteiger partial charge >= 0.3 is 0 Å². The van der Waals surface area contributed by atoms with E-state index in [1.54, 1.807) is 0 Å². The maximum Gasteiger partial charge on any atom is 0.142 e. The molecule has 1 aliphatic carbocycles. The van der Waals surface area contributed by atoms with Crippen molar-refractivity contribution in [1.29, 1.82) is 0 Å². The third kappa shape index (κ3) is 5.88. The molecule has 1 aromatic carbocycles. The maximum absolute atomic E-state index is 6.07. The lowest BCUT2D eigenvalue weighted by Crippen LogP contribution is -2.29. The van der Waals surface area contributed by atoms with Crippen molar-refractivity contribution >= 4 is 5.69 Å². The lowest BCUT2D eigenvalue weighted by molar-refractivity contribution is 0.244. The fourth-order valence-electron chi connectivity index (χ4n) is 3.20. The van der Waals surface area contributed by atoms with Crippen LogP contribution in [0, 0.1) is 0 Å². The number of anilines is 1. The summed E-state index contributed by atoms with van der Waals surface area (Å²) in [6.45, 7) is 5.15. The summed E-state index contributed by atoms with van der Waals surface area (Å²) in [6, 6.07) is 6.95. The SMILES string of the molecule is CC(C)Oc1ccc(CCCNC2CCCCCC2)cc1N. The van der Waals surface area contributed by atoms with Crippen LogP contribution in [-0.4, -0.2) is 18.7 Å². The molecule has 0 aliphatic heterocycles. The van der Waals surface area contributed by atoms with Gasteiger partial charge in [0.1, 0.15) is 5.75 Å². The van der Waals surface area contributed by atoms with Gasteiger partial charge in [-0.2, -0.15) is 0 Å². The minimum Gasteiger partial charge on any atom is -0.489 e. The molecule has 0 saturated heterocycles. The Labute approximate surface area is 135 Å². The van der Waals surface area contributed by atoms with E-state index in [2.05, 4.69) is 17.4 Å². The Kier molecular flexibility index (Phi) is 7.04. The molecule has 0 spiro atoms. The Bertz CT molecular complexity index is 437. The molecule has 0 aromatic heterocycles. The van der Waals surface area contributed by atoms with E-state index in [9.17, 15) is 0 Å². The summed E-state index contributed by atoms with van der Waals surface area (Å²) >= 11 is 0. The van der Waals surface area contributed by atoms with Gasteiger partial charge in [0, 0.05) is 6.04 Å². The quantitative estimate of drug-likeness (QED) is 0.448. The number of ether oxygens (including phenoxy) is 1. The molecule has 124 valence electrons. The van der Waals surface area contributed by atoms with Crippen molar-refractivity contribution in [3.05, 3.63) is 23.8 Å². The molecule has 3 N–H and O–H groups in total. The van der Waals surface area contributed by atoms with E-state index in [0.29, 0.717) is 0 Å². The summed E-state index contributed by atoms with van der Waals surface area (Å²) < 4.78 is 5.68. The van der Waals surface area contributed by atoms with Crippen LogP contribution in [0.25, 0.3) is 0 Å².